The molecule has 1 aromatic carbocycles. The Morgan fingerprint density at radius 2 is 2.16 bits per heavy atom. The summed E-state index contributed by atoms with van der Waals surface area (Å²) in [6.45, 7) is 3.83. The number of carbonyl (C=O) groups excluding carboxylic acids is 1. The van der Waals surface area contributed by atoms with E-state index in [1.807, 2.05) is 31.2 Å². The molecule has 1 aliphatic heterocycles. The minimum absolute atomic E-state index is 0.109. The fourth-order valence-electron chi connectivity index (χ4n) is 2.40. The van der Waals surface area contributed by atoms with Gasteiger partial charge in [0.25, 0.3) is 0 Å². The molecule has 104 valence electrons. The molecule has 1 aliphatic rings. The van der Waals surface area contributed by atoms with Crippen LogP contribution in [0.2, 0.25) is 0 Å². The van der Waals surface area contributed by atoms with E-state index in [9.17, 15) is 4.79 Å². The minimum atomic E-state index is -0.458. The summed E-state index contributed by atoms with van der Waals surface area (Å²) >= 11 is 0. The first-order valence-corrected chi connectivity index (χ1v) is 6.68. The van der Waals surface area contributed by atoms with Crippen LogP contribution in [0.1, 0.15) is 30.1 Å². The Labute approximate surface area is 114 Å². The molecular formula is C15H21NO3. The van der Waals surface area contributed by atoms with Crippen LogP contribution in [0, 0.1) is 0 Å². The zero-order valence-electron chi connectivity index (χ0n) is 11.6. The van der Waals surface area contributed by atoms with Crippen LogP contribution in [0.3, 0.4) is 0 Å². The largest absolute Gasteiger partial charge is 0.490 e. The van der Waals surface area contributed by atoms with Gasteiger partial charge in [-0.2, -0.15) is 0 Å². The van der Waals surface area contributed by atoms with Crippen LogP contribution >= 0.6 is 0 Å². The topological polar surface area (TPSA) is 47.6 Å². The first-order chi connectivity index (χ1) is 9.17. The molecule has 1 heterocycles. The van der Waals surface area contributed by atoms with Crippen molar-refractivity contribution in [3.63, 3.8) is 0 Å². The Morgan fingerprint density at radius 1 is 1.37 bits per heavy atom. The summed E-state index contributed by atoms with van der Waals surface area (Å²) in [6, 6.07) is 7.41. The van der Waals surface area contributed by atoms with E-state index in [1.54, 1.807) is 7.11 Å². The molecule has 0 bridgehead atoms. The lowest BCUT2D eigenvalue weighted by Crippen LogP contribution is -2.44. The predicted molar refractivity (Wildman–Crippen MR) is 73.8 cm³/mol. The molecule has 1 fully saturated rings. The third-order valence-corrected chi connectivity index (χ3v) is 3.55. The quantitative estimate of drug-likeness (QED) is 0.630. The summed E-state index contributed by atoms with van der Waals surface area (Å²) in [5, 5.41) is 3.30. The van der Waals surface area contributed by atoms with Crippen LogP contribution in [-0.2, 0) is 4.74 Å². The number of carbonyl (C=O) groups is 1. The van der Waals surface area contributed by atoms with Crippen LogP contribution in [0.15, 0.2) is 24.3 Å². The normalized spacial score (nSPS) is 22.4. The molecule has 2 rings (SSSR count). The van der Waals surface area contributed by atoms with Gasteiger partial charge in [0.15, 0.2) is 5.78 Å². The van der Waals surface area contributed by atoms with E-state index in [0.29, 0.717) is 24.5 Å². The maximum Gasteiger partial charge on any atom is 0.186 e. The van der Waals surface area contributed by atoms with Crippen molar-refractivity contribution >= 4 is 5.78 Å². The number of Topliss-reactive ketones (excluding diaryl/α,β-unsaturated/α-hetero) is 1. The first kappa shape index (κ1) is 14.0. The second kappa shape index (κ2) is 6.17. The molecule has 1 atom stereocenters. The zero-order chi connectivity index (χ0) is 13.7. The number of hydrogen-bond donors (Lipinski definition) is 1. The van der Waals surface area contributed by atoms with Gasteiger partial charge in [0, 0.05) is 7.11 Å². The maximum absolute atomic E-state index is 12.6. The average Bonchev–Trinajstić information content (AvgIpc) is 2.87. The number of benzene rings is 1. The standard InChI is InChI=1S/C15H21NO3/c1-15(8-5-9-16-15)14(17)12-6-3-4-7-13(12)19-11-10-18-2/h3-4,6-7,16H,5,8-11H2,1-2H3. The third-order valence-electron chi connectivity index (χ3n) is 3.55. The molecule has 4 heteroatoms. The van der Waals surface area contributed by atoms with Gasteiger partial charge in [0.2, 0.25) is 0 Å². The van der Waals surface area contributed by atoms with Crippen molar-refractivity contribution in [2.45, 2.75) is 25.3 Å². The van der Waals surface area contributed by atoms with Crippen molar-refractivity contribution < 1.29 is 14.3 Å². The van der Waals surface area contributed by atoms with Crippen LogP contribution in [0.4, 0.5) is 0 Å². The number of para-hydroxylation sites is 1. The van der Waals surface area contributed by atoms with Crippen LogP contribution in [0.5, 0.6) is 5.75 Å². The van der Waals surface area contributed by atoms with Gasteiger partial charge in [-0.25, -0.2) is 0 Å². The summed E-state index contributed by atoms with van der Waals surface area (Å²) in [6.07, 6.45) is 1.91. The van der Waals surface area contributed by atoms with Gasteiger partial charge in [-0.15, -0.1) is 0 Å². The lowest BCUT2D eigenvalue weighted by Gasteiger charge is -2.23. The smallest absolute Gasteiger partial charge is 0.186 e. The number of methoxy groups -OCH3 is 1. The van der Waals surface area contributed by atoms with E-state index in [1.165, 1.54) is 0 Å². The fraction of sp³-hybridized carbons (Fsp3) is 0.533. The SMILES string of the molecule is COCCOc1ccccc1C(=O)C1(C)CCCN1. The van der Waals surface area contributed by atoms with Crippen molar-refractivity contribution in [1.29, 1.82) is 0 Å². The number of nitrogens with one attached hydrogen (secondary N) is 1. The number of ketones is 1. The molecule has 0 radical (unpaired) electrons. The summed E-state index contributed by atoms with van der Waals surface area (Å²) in [5.41, 5.74) is 0.191. The van der Waals surface area contributed by atoms with Gasteiger partial charge in [0.05, 0.1) is 17.7 Å². The highest BCUT2D eigenvalue weighted by atomic mass is 16.5. The van der Waals surface area contributed by atoms with Crippen molar-refractivity contribution in [3.8, 4) is 5.75 Å². The molecule has 0 spiro atoms. The van der Waals surface area contributed by atoms with E-state index >= 15 is 0 Å². The van der Waals surface area contributed by atoms with Gasteiger partial charge in [-0.05, 0) is 38.4 Å². The van der Waals surface area contributed by atoms with E-state index < -0.39 is 5.54 Å². The molecule has 0 aliphatic carbocycles. The predicted octanol–water partition coefficient (Wildman–Crippen LogP) is 2.04. The van der Waals surface area contributed by atoms with Crippen LogP contribution in [-0.4, -0.2) is 38.2 Å². The highest BCUT2D eigenvalue weighted by molar-refractivity contribution is 6.05. The molecule has 1 saturated heterocycles. The molecule has 0 saturated carbocycles. The second-order valence-electron chi connectivity index (χ2n) is 5.03. The van der Waals surface area contributed by atoms with Crippen LogP contribution < -0.4 is 10.1 Å². The molecular weight excluding hydrogens is 242 g/mol. The highest BCUT2D eigenvalue weighted by Gasteiger charge is 2.37. The lowest BCUT2D eigenvalue weighted by molar-refractivity contribution is 0.0877. The Kier molecular flexibility index (Phi) is 4.56. The zero-order valence-corrected chi connectivity index (χ0v) is 11.6. The Morgan fingerprint density at radius 3 is 2.84 bits per heavy atom. The average molecular weight is 263 g/mol. The fourth-order valence-corrected chi connectivity index (χ4v) is 2.40. The summed E-state index contributed by atoms with van der Waals surface area (Å²) in [7, 11) is 1.63. The van der Waals surface area contributed by atoms with Gasteiger partial charge in [-0.3, -0.25) is 4.79 Å². The maximum atomic E-state index is 12.6. The van der Waals surface area contributed by atoms with Crippen molar-refractivity contribution in [3.05, 3.63) is 29.8 Å². The lowest BCUT2D eigenvalue weighted by atomic mass is 9.89. The van der Waals surface area contributed by atoms with Crippen molar-refractivity contribution in [1.82, 2.24) is 5.32 Å². The minimum Gasteiger partial charge on any atom is -0.490 e. The van der Waals surface area contributed by atoms with Crippen molar-refractivity contribution in [2.75, 3.05) is 26.9 Å². The summed E-state index contributed by atoms with van der Waals surface area (Å²) in [4.78, 5) is 12.6. The third kappa shape index (κ3) is 3.14. The van der Waals surface area contributed by atoms with E-state index in [-0.39, 0.29) is 5.78 Å². The Balaban J connectivity index is 2.16. The Bertz CT molecular complexity index is 439. The molecule has 1 unspecified atom stereocenters. The highest BCUT2D eigenvalue weighted by Crippen LogP contribution is 2.28. The summed E-state index contributed by atoms with van der Waals surface area (Å²) in [5.74, 6) is 0.748. The molecule has 0 aromatic heterocycles. The molecule has 1 aromatic rings. The van der Waals surface area contributed by atoms with Crippen LogP contribution in [0.25, 0.3) is 0 Å². The van der Waals surface area contributed by atoms with Gasteiger partial charge >= 0.3 is 0 Å². The Hall–Kier alpha value is -1.39. The van der Waals surface area contributed by atoms with E-state index in [0.717, 1.165) is 19.4 Å². The molecule has 0 amide bonds. The van der Waals surface area contributed by atoms with E-state index in [2.05, 4.69) is 5.32 Å². The number of hydrogen-bond acceptors (Lipinski definition) is 4. The van der Waals surface area contributed by atoms with Gasteiger partial charge < -0.3 is 14.8 Å². The molecule has 1 N–H and O–H groups in total. The number of rotatable bonds is 6. The monoisotopic (exact) mass is 263 g/mol. The molecule has 19 heavy (non-hydrogen) atoms. The number of ether oxygens (including phenoxy) is 2. The van der Waals surface area contributed by atoms with Crippen molar-refractivity contribution in [2.24, 2.45) is 0 Å². The van der Waals surface area contributed by atoms with E-state index in [4.69, 9.17) is 9.47 Å². The van der Waals surface area contributed by atoms with Gasteiger partial charge in [0.1, 0.15) is 12.4 Å². The molecule has 4 nitrogen and oxygen atoms in total. The van der Waals surface area contributed by atoms with Gasteiger partial charge in [-0.1, -0.05) is 12.1 Å². The second-order valence-corrected chi connectivity index (χ2v) is 5.03. The first-order valence-electron chi connectivity index (χ1n) is 6.68. The summed E-state index contributed by atoms with van der Waals surface area (Å²) < 4.78 is 10.6.